The summed E-state index contributed by atoms with van der Waals surface area (Å²) in [6, 6.07) is 2.09. The van der Waals surface area contributed by atoms with Gasteiger partial charge in [-0.3, -0.25) is 0 Å². The third-order valence-electron chi connectivity index (χ3n) is 1.55. The molecular weight excluding hydrogens is 163 g/mol. The van der Waals surface area contributed by atoms with Crippen LogP contribution in [0.25, 0.3) is 0 Å². The molecule has 3 N–H and O–H groups in total. The Morgan fingerprint density at radius 3 is 2.33 bits per heavy atom. The molecular formula is C8H9FO3. The van der Waals surface area contributed by atoms with Crippen LogP contribution in [-0.4, -0.2) is 15.3 Å². The monoisotopic (exact) mass is 172 g/mol. The average molecular weight is 172 g/mol. The van der Waals surface area contributed by atoms with Crippen LogP contribution in [0.5, 0.6) is 11.5 Å². The third kappa shape index (κ3) is 1.48. The van der Waals surface area contributed by atoms with Crippen molar-refractivity contribution < 1.29 is 19.7 Å². The predicted octanol–water partition coefficient (Wildman–Crippen LogP) is 1.29. The number of aliphatic hydroxyl groups is 1. The van der Waals surface area contributed by atoms with Gasteiger partial charge in [-0.25, -0.2) is 4.39 Å². The molecule has 0 saturated heterocycles. The van der Waals surface area contributed by atoms with Gasteiger partial charge in [0.2, 0.25) is 0 Å². The highest BCUT2D eigenvalue weighted by Gasteiger charge is 2.10. The van der Waals surface area contributed by atoms with E-state index in [-0.39, 0.29) is 5.56 Å². The van der Waals surface area contributed by atoms with Crippen LogP contribution in [0.3, 0.4) is 0 Å². The Bertz CT molecular complexity index is 273. The number of benzene rings is 1. The van der Waals surface area contributed by atoms with Crippen LogP contribution in [0.4, 0.5) is 4.39 Å². The molecule has 0 amide bonds. The van der Waals surface area contributed by atoms with Gasteiger partial charge in [-0.05, 0) is 24.6 Å². The first-order chi connectivity index (χ1) is 5.52. The summed E-state index contributed by atoms with van der Waals surface area (Å²) in [6.45, 7) is 1.44. The summed E-state index contributed by atoms with van der Waals surface area (Å²) in [4.78, 5) is 0. The Balaban J connectivity index is 3.21. The molecule has 1 atom stereocenters. The Morgan fingerprint density at radius 1 is 1.33 bits per heavy atom. The minimum atomic E-state index is -0.939. The molecule has 1 aromatic carbocycles. The maximum atomic E-state index is 12.7. The summed E-state index contributed by atoms with van der Waals surface area (Å²) < 4.78 is 12.7. The zero-order valence-electron chi connectivity index (χ0n) is 6.45. The molecule has 0 bridgehead atoms. The number of phenolic OH excluding ortho intramolecular Hbond substituents is 2. The maximum absolute atomic E-state index is 12.7. The standard InChI is InChI=1S/C8H9FO3/c1-4(10)5-2-6(9)8(12)7(11)3-5/h2-4,10-12H,1H3. The van der Waals surface area contributed by atoms with E-state index < -0.39 is 23.4 Å². The van der Waals surface area contributed by atoms with Crippen LogP contribution in [0.1, 0.15) is 18.6 Å². The molecule has 4 heteroatoms. The lowest BCUT2D eigenvalue weighted by Crippen LogP contribution is -1.92. The van der Waals surface area contributed by atoms with E-state index in [1.165, 1.54) is 6.92 Å². The minimum absolute atomic E-state index is 0.225. The SMILES string of the molecule is CC(O)c1cc(O)c(O)c(F)c1. The van der Waals surface area contributed by atoms with Crippen molar-refractivity contribution in [2.24, 2.45) is 0 Å². The first-order valence-corrected chi connectivity index (χ1v) is 3.42. The molecule has 0 saturated carbocycles. The lowest BCUT2D eigenvalue weighted by Gasteiger charge is -2.06. The summed E-state index contributed by atoms with van der Waals surface area (Å²) in [5, 5.41) is 26.7. The van der Waals surface area contributed by atoms with E-state index >= 15 is 0 Å². The van der Waals surface area contributed by atoms with Crippen LogP contribution in [-0.2, 0) is 0 Å². The van der Waals surface area contributed by atoms with Gasteiger partial charge >= 0.3 is 0 Å². The molecule has 3 nitrogen and oxygen atoms in total. The van der Waals surface area contributed by atoms with Crippen molar-refractivity contribution >= 4 is 0 Å². The zero-order valence-corrected chi connectivity index (χ0v) is 6.45. The van der Waals surface area contributed by atoms with E-state index in [2.05, 4.69) is 0 Å². The average Bonchev–Trinajstić information content (AvgIpc) is 1.99. The number of aliphatic hydroxyl groups excluding tert-OH is 1. The second-order valence-corrected chi connectivity index (χ2v) is 2.55. The van der Waals surface area contributed by atoms with Gasteiger partial charge in [-0.2, -0.15) is 0 Å². The third-order valence-corrected chi connectivity index (χ3v) is 1.55. The number of aromatic hydroxyl groups is 2. The van der Waals surface area contributed by atoms with Gasteiger partial charge in [-0.15, -0.1) is 0 Å². The Kier molecular flexibility index (Phi) is 2.19. The van der Waals surface area contributed by atoms with Crippen LogP contribution < -0.4 is 0 Å². The van der Waals surface area contributed by atoms with Crippen molar-refractivity contribution in [3.63, 3.8) is 0 Å². The van der Waals surface area contributed by atoms with E-state index in [9.17, 15) is 4.39 Å². The molecule has 12 heavy (non-hydrogen) atoms. The molecule has 0 radical (unpaired) electrons. The number of phenols is 2. The summed E-state index contributed by atoms with van der Waals surface area (Å²) in [5.74, 6) is -2.30. The largest absolute Gasteiger partial charge is 0.504 e. The molecule has 0 aliphatic rings. The zero-order chi connectivity index (χ0) is 9.30. The van der Waals surface area contributed by atoms with Gasteiger partial charge in [0.1, 0.15) is 0 Å². The summed E-state index contributed by atoms with van der Waals surface area (Å²) >= 11 is 0. The van der Waals surface area contributed by atoms with Gasteiger partial charge in [0.15, 0.2) is 17.3 Å². The predicted molar refractivity (Wildman–Crippen MR) is 40.4 cm³/mol. The molecule has 1 rings (SSSR count). The lowest BCUT2D eigenvalue weighted by atomic mass is 10.1. The van der Waals surface area contributed by atoms with E-state index in [1.807, 2.05) is 0 Å². The number of halogens is 1. The fraction of sp³-hybridized carbons (Fsp3) is 0.250. The molecule has 0 aliphatic heterocycles. The number of hydrogen-bond acceptors (Lipinski definition) is 3. The Labute approximate surface area is 68.7 Å². The number of hydrogen-bond donors (Lipinski definition) is 3. The van der Waals surface area contributed by atoms with Crippen molar-refractivity contribution in [1.82, 2.24) is 0 Å². The van der Waals surface area contributed by atoms with E-state index in [4.69, 9.17) is 15.3 Å². The molecule has 0 spiro atoms. The summed E-state index contributed by atoms with van der Waals surface area (Å²) in [7, 11) is 0. The smallest absolute Gasteiger partial charge is 0.194 e. The fourth-order valence-electron chi connectivity index (χ4n) is 0.846. The Morgan fingerprint density at radius 2 is 1.92 bits per heavy atom. The lowest BCUT2D eigenvalue weighted by molar-refractivity contribution is 0.198. The molecule has 0 aliphatic carbocycles. The normalized spacial score (nSPS) is 12.9. The number of rotatable bonds is 1. The molecule has 1 unspecified atom stereocenters. The first kappa shape index (κ1) is 8.80. The molecule has 1 aromatic rings. The molecule has 66 valence electrons. The van der Waals surface area contributed by atoms with Gasteiger partial charge < -0.3 is 15.3 Å². The van der Waals surface area contributed by atoms with Crippen molar-refractivity contribution in [1.29, 1.82) is 0 Å². The second-order valence-electron chi connectivity index (χ2n) is 2.55. The van der Waals surface area contributed by atoms with E-state index in [0.717, 1.165) is 12.1 Å². The maximum Gasteiger partial charge on any atom is 0.194 e. The molecule has 0 heterocycles. The molecule has 0 aromatic heterocycles. The van der Waals surface area contributed by atoms with Crippen LogP contribution in [0.15, 0.2) is 12.1 Å². The Hall–Kier alpha value is -1.29. The highest BCUT2D eigenvalue weighted by molar-refractivity contribution is 5.42. The molecule has 0 fully saturated rings. The van der Waals surface area contributed by atoms with Gasteiger partial charge in [0, 0.05) is 0 Å². The summed E-state index contributed by atoms with van der Waals surface area (Å²) in [6.07, 6.45) is -0.869. The van der Waals surface area contributed by atoms with E-state index in [1.54, 1.807) is 0 Å². The summed E-state index contributed by atoms with van der Waals surface area (Å²) in [5.41, 5.74) is 0.225. The minimum Gasteiger partial charge on any atom is -0.504 e. The highest BCUT2D eigenvalue weighted by atomic mass is 19.1. The van der Waals surface area contributed by atoms with Gasteiger partial charge in [-0.1, -0.05) is 0 Å². The van der Waals surface area contributed by atoms with E-state index in [0.29, 0.717) is 0 Å². The highest BCUT2D eigenvalue weighted by Crippen LogP contribution is 2.30. The van der Waals surface area contributed by atoms with Crippen molar-refractivity contribution in [3.05, 3.63) is 23.5 Å². The van der Waals surface area contributed by atoms with Crippen molar-refractivity contribution in [2.45, 2.75) is 13.0 Å². The van der Waals surface area contributed by atoms with Gasteiger partial charge in [0.25, 0.3) is 0 Å². The van der Waals surface area contributed by atoms with Crippen LogP contribution in [0, 0.1) is 5.82 Å². The quantitative estimate of drug-likeness (QED) is 0.559. The first-order valence-electron chi connectivity index (χ1n) is 3.42. The van der Waals surface area contributed by atoms with Crippen molar-refractivity contribution in [2.75, 3.05) is 0 Å². The topological polar surface area (TPSA) is 60.7 Å². The second kappa shape index (κ2) is 2.98. The fourth-order valence-corrected chi connectivity index (χ4v) is 0.846. The van der Waals surface area contributed by atoms with Crippen molar-refractivity contribution in [3.8, 4) is 11.5 Å². The van der Waals surface area contributed by atoms with Gasteiger partial charge in [0.05, 0.1) is 6.10 Å². The van der Waals surface area contributed by atoms with Crippen LogP contribution in [0.2, 0.25) is 0 Å². The van der Waals surface area contributed by atoms with Crippen LogP contribution >= 0.6 is 0 Å².